The Labute approximate surface area is 128 Å². The lowest BCUT2D eigenvalue weighted by molar-refractivity contribution is -0.115. The van der Waals surface area contributed by atoms with Gasteiger partial charge in [-0.1, -0.05) is 54.6 Å². The number of hydrogen-bond donors (Lipinski definition) is 2. The van der Waals surface area contributed by atoms with Crippen LogP contribution in [0, 0.1) is 0 Å². The largest absolute Gasteiger partial charge is 0.326 e. The van der Waals surface area contributed by atoms with E-state index in [0.717, 1.165) is 22.4 Å². The minimum atomic E-state index is -0.202. The van der Waals surface area contributed by atoms with Gasteiger partial charge in [-0.2, -0.15) is 0 Å². The zero-order valence-corrected chi connectivity index (χ0v) is 12.0. The molecule has 3 N–H and O–H groups in total. The average molecular weight is 288 g/mol. The second kappa shape index (κ2) is 4.97. The predicted molar refractivity (Wildman–Crippen MR) is 88.8 cm³/mol. The molecule has 0 saturated carbocycles. The molecule has 22 heavy (non-hydrogen) atoms. The van der Waals surface area contributed by atoms with Gasteiger partial charge in [0.05, 0.1) is 12.5 Å². The molecule has 3 heteroatoms. The zero-order valence-electron chi connectivity index (χ0n) is 12.0. The molecule has 4 rings (SSSR count). The normalized spacial score (nSPS) is 14.7. The van der Waals surface area contributed by atoms with E-state index in [0.29, 0.717) is 6.42 Å². The van der Waals surface area contributed by atoms with Crippen LogP contribution in [0.15, 0.2) is 60.7 Å². The van der Waals surface area contributed by atoms with Crippen molar-refractivity contribution in [1.29, 1.82) is 0 Å². The third-order valence-corrected chi connectivity index (χ3v) is 4.27. The molecule has 0 spiro atoms. The quantitative estimate of drug-likeness (QED) is 0.759. The van der Waals surface area contributed by atoms with Crippen LogP contribution in [0.1, 0.15) is 22.7 Å². The molecule has 1 aliphatic rings. The van der Waals surface area contributed by atoms with E-state index in [4.69, 9.17) is 5.73 Å². The fourth-order valence-electron chi connectivity index (χ4n) is 3.14. The SMILES string of the molecule is NC(c1ccc2c(c1)CC(=O)N2)c1cccc2ccccc12. The molecule has 3 aromatic rings. The molecule has 3 nitrogen and oxygen atoms in total. The van der Waals surface area contributed by atoms with Crippen LogP contribution < -0.4 is 11.1 Å². The summed E-state index contributed by atoms with van der Waals surface area (Å²) in [5.74, 6) is 0.0471. The number of amides is 1. The standard InChI is InChI=1S/C19H16N2O/c20-19(13-8-9-17-14(10-13)11-18(22)21-17)16-7-3-5-12-4-1-2-6-15(12)16/h1-10,19H,11,20H2,(H,21,22). The Balaban J connectivity index is 1.80. The average Bonchev–Trinajstić information content (AvgIpc) is 2.92. The molecule has 3 aromatic carbocycles. The predicted octanol–water partition coefficient (Wildman–Crippen LogP) is 3.38. The van der Waals surface area contributed by atoms with Crippen LogP contribution in [0.2, 0.25) is 0 Å². The minimum absolute atomic E-state index is 0.0471. The second-order valence-corrected chi connectivity index (χ2v) is 5.69. The van der Waals surface area contributed by atoms with Gasteiger partial charge < -0.3 is 11.1 Å². The number of carbonyl (C=O) groups excluding carboxylic acids is 1. The topological polar surface area (TPSA) is 55.1 Å². The van der Waals surface area contributed by atoms with Crippen molar-refractivity contribution in [2.45, 2.75) is 12.5 Å². The first-order valence-electron chi connectivity index (χ1n) is 7.38. The minimum Gasteiger partial charge on any atom is -0.326 e. The fourth-order valence-corrected chi connectivity index (χ4v) is 3.14. The Hall–Kier alpha value is -2.65. The van der Waals surface area contributed by atoms with Gasteiger partial charge in [-0.15, -0.1) is 0 Å². The summed E-state index contributed by atoms with van der Waals surface area (Å²) >= 11 is 0. The summed E-state index contributed by atoms with van der Waals surface area (Å²) in [5.41, 5.74) is 10.6. The van der Waals surface area contributed by atoms with Gasteiger partial charge in [0.2, 0.25) is 5.91 Å². The lowest BCUT2D eigenvalue weighted by Gasteiger charge is -2.16. The molecule has 0 bridgehead atoms. The van der Waals surface area contributed by atoms with E-state index >= 15 is 0 Å². The highest BCUT2D eigenvalue weighted by molar-refractivity contribution is 5.99. The second-order valence-electron chi connectivity index (χ2n) is 5.69. The van der Waals surface area contributed by atoms with Crippen molar-refractivity contribution in [2.75, 3.05) is 5.32 Å². The lowest BCUT2D eigenvalue weighted by atomic mass is 9.93. The van der Waals surface area contributed by atoms with Gasteiger partial charge in [0.15, 0.2) is 0 Å². The molecule has 1 aliphatic heterocycles. The molecule has 1 atom stereocenters. The number of fused-ring (bicyclic) bond motifs is 2. The number of anilines is 1. The van der Waals surface area contributed by atoms with E-state index < -0.39 is 0 Å². The molecule has 0 radical (unpaired) electrons. The first-order chi connectivity index (χ1) is 10.7. The molecule has 0 fully saturated rings. The molecule has 0 saturated heterocycles. The summed E-state index contributed by atoms with van der Waals surface area (Å²) in [6.45, 7) is 0. The van der Waals surface area contributed by atoms with Crippen LogP contribution in [0.25, 0.3) is 10.8 Å². The van der Waals surface area contributed by atoms with Crippen LogP contribution in [-0.2, 0) is 11.2 Å². The fraction of sp³-hybridized carbons (Fsp3) is 0.105. The maximum atomic E-state index is 11.5. The maximum Gasteiger partial charge on any atom is 0.228 e. The van der Waals surface area contributed by atoms with Crippen molar-refractivity contribution < 1.29 is 4.79 Å². The summed E-state index contributed by atoms with van der Waals surface area (Å²) in [4.78, 5) is 11.5. The van der Waals surface area contributed by atoms with Crippen molar-refractivity contribution in [1.82, 2.24) is 0 Å². The van der Waals surface area contributed by atoms with Gasteiger partial charge in [-0.3, -0.25) is 4.79 Å². The first kappa shape index (κ1) is 13.0. The van der Waals surface area contributed by atoms with Crippen molar-refractivity contribution >= 4 is 22.4 Å². The van der Waals surface area contributed by atoms with E-state index in [1.807, 2.05) is 36.4 Å². The summed E-state index contributed by atoms with van der Waals surface area (Å²) in [5, 5.41) is 5.21. The third-order valence-electron chi connectivity index (χ3n) is 4.27. The van der Waals surface area contributed by atoms with Crippen LogP contribution in [0.4, 0.5) is 5.69 Å². The molecule has 0 aliphatic carbocycles. The summed E-state index contributed by atoms with van der Waals surface area (Å²) in [7, 11) is 0. The Kier molecular flexibility index (Phi) is 2.94. The van der Waals surface area contributed by atoms with E-state index in [2.05, 4.69) is 29.6 Å². The number of nitrogens with one attached hydrogen (secondary N) is 1. The molecule has 1 heterocycles. The monoisotopic (exact) mass is 288 g/mol. The molecule has 0 aromatic heterocycles. The lowest BCUT2D eigenvalue weighted by Crippen LogP contribution is -2.12. The molecular formula is C19H16N2O. The summed E-state index contributed by atoms with van der Waals surface area (Å²) in [6.07, 6.45) is 0.436. The number of benzene rings is 3. The highest BCUT2D eigenvalue weighted by Gasteiger charge is 2.20. The van der Waals surface area contributed by atoms with Crippen molar-refractivity contribution in [2.24, 2.45) is 5.73 Å². The Morgan fingerprint density at radius 1 is 1.00 bits per heavy atom. The van der Waals surface area contributed by atoms with E-state index in [9.17, 15) is 4.79 Å². The van der Waals surface area contributed by atoms with Gasteiger partial charge in [0.25, 0.3) is 0 Å². The number of nitrogens with two attached hydrogens (primary N) is 1. The Bertz CT molecular complexity index is 880. The van der Waals surface area contributed by atoms with Gasteiger partial charge >= 0.3 is 0 Å². The zero-order chi connectivity index (χ0) is 15.1. The van der Waals surface area contributed by atoms with Gasteiger partial charge in [-0.05, 0) is 33.5 Å². The Morgan fingerprint density at radius 3 is 2.73 bits per heavy atom. The van der Waals surface area contributed by atoms with Gasteiger partial charge in [-0.25, -0.2) is 0 Å². The van der Waals surface area contributed by atoms with Crippen molar-refractivity contribution in [3.63, 3.8) is 0 Å². The molecule has 1 unspecified atom stereocenters. The van der Waals surface area contributed by atoms with Gasteiger partial charge in [0.1, 0.15) is 0 Å². The van der Waals surface area contributed by atoms with E-state index in [1.165, 1.54) is 10.8 Å². The van der Waals surface area contributed by atoms with E-state index in [1.54, 1.807) is 0 Å². The molecular weight excluding hydrogens is 272 g/mol. The van der Waals surface area contributed by atoms with Crippen LogP contribution in [-0.4, -0.2) is 5.91 Å². The van der Waals surface area contributed by atoms with Crippen LogP contribution >= 0.6 is 0 Å². The van der Waals surface area contributed by atoms with Gasteiger partial charge in [0, 0.05) is 5.69 Å². The molecule has 1 amide bonds. The Morgan fingerprint density at radius 2 is 1.82 bits per heavy atom. The van der Waals surface area contributed by atoms with E-state index in [-0.39, 0.29) is 11.9 Å². The third kappa shape index (κ3) is 2.07. The summed E-state index contributed by atoms with van der Waals surface area (Å²) < 4.78 is 0. The number of rotatable bonds is 2. The highest BCUT2D eigenvalue weighted by atomic mass is 16.1. The van der Waals surface area contributed by atoms with Crippen LogP contribution in [0.5, 0.6) is 0 Å². The number of hydrogen-bond acceptors (Lipinski definition) is 2. The smallest absolute Gasteiger partial charge is 0.228 e. The highest BCUT2D eigenvalue weighted by Crippen LogP contribution is 2.31. The van der Waals surface area contributed by atoms with Crippen molar-refractivity contribution in [3.8, 4) is 0 Å². The number of carbonyl (C=O) groups is 1. The van der Waals surface area contributed by atoms with Crippen LogP contribution in [0.3, 0.4) is 0 Å². The van der Waals surface area contributed by atoms with Crippen molar-refractivity contribution in [3.05, 3.63) is 77.4 Å². The maximum absolute atomic E-state index is 11.5. The first-order valence-corrected chi connectivity index (χ1v) is 7.38. The summed E-state index contributed by atoms with van der Waals surface area (Å²) in [6, 6.07) is 20.2. The molecule has 108 valence electrons.